The molecule has 2 unspecified atom stereocenters. The molecule has 1 aromatic heterocycles. The Hall–Kier alpha value is -3.18. The van der Waals surface area contributed by atoms with Gasteiger partial charge >= 0.3 is 0 Å². The number of amides is 2. The first-order chi connectivity index (χ1) is 14.3. The van der Waals surface area contributed by atoms with Gasteiger partial charge in [0.05, 0.1) is 29.3 Å². The maximum absolute atomic E-state index is 12.7. The van der Waals surface area contributed by atoms with Gasteiger partial charge in [0.2, 0.25) is 11.9 Å². The Morgan fingerprint density at radius 3 is 2.67 bits per heavy atom. The number of benzene rings is 1. The van der Waals surface area contributed by atoms with Gasteiger partial charge in [0.1, 0.15) is 0 Å². The summed E-state index contributed by atoms with van der Waals surface area (Å²) >= 11 is 6.26. The molecule has 1 aliphatic rings. The number of halogens is 1. The molecule has 0 aliphatic carbocycles. The van der Waals surface area contributed by atoms with E-state index >= 15 is 0 Å². The van der Waals surface area contributed by atoms with Gasteiger partial charge in [-0.1, -0.05) is 17.7 Å². The number of aromatic nitrogens is 2. The van der Waals surface area contributed by atoms with Crippen molar-refractivity contribution in [2.24, 2.45) is 0 Å². The van der Waals surface area contributed by atoms with Crippen LogP contribution in [0.1, 0.15) is 47.8 Å². The standard InChI is InChI=1S/C21H23ClN6O2/c1-13(18-5-4-15(9-23)8-19(18)22)26-21-24-10-16(11-25-21)20(30)28-7-6-17(12-28)27(3)14(2)29/h4-5,8,10-11,13,17H,6-7,12H2,1-3H3,(H,24,25,26). The maximum Gasteiger partial charge on any atom is 0.257 e. The molecule has 30 heavy (non-hydrogen) atoms. The van der Waals surface area contributed by atoms with E-state index in [4.69, 9.17) is 16.9 Å². The monoisotopic (exact) mass is 426 g/mol. The summed E-state index contributed by atoms with van der Waals surface area (Å²) in [6, 6.07) is 7.01. The molecule has 1 aliphatic heterocycles. The topological polar surface area (TPSA) is 102 Å². The lowest BCUT2D eigenvalue weighted by atomic mass is 10.1. The van der Waals surface area contributed by atoms with Crippen molar-refractivity contribution in [3.8, 4) is 6.07 Å². The molecule has 8 nitrogen and oxygen atoms in total. The van der Waals surface area contributed by atoms with E-state index in [1.165, 1.54) is 19.3 Å². The summed E-state index contributed by atoms with van der Waals surface area (Å²) in [4.78, 5) is 36.2. The van der Waals surface area contributed by atoms with Crippen molar-refractivity contribution in [3.63, 3.8) is 0 Å². The highest BCUT2D eigenvalue weighted by Crippen LogP contribution is 2.26. The number of nitriles is 1. The van der Waals surface area contributed by atoms with Crippen LogP contribution < -0.4 is 5.32 Å². The normalized spacial score (nSPS) is 16.6. The number of carbonyl (C=O) groups excluding carboxylic acids is 2. The van der Waals surface area contributed by atoms with E-state index in [9.17, 15) is 9.59 Å². The second kappa shape index (κ2) is 9.09. The predicted octanol–water partition coefficient (Wildman–Crippen LogP) is 2.87. The third-order valence-corrected chi connectivity index (χ3v) is 5.66. The Morgan fingerprint density at radius 2 is 2.07 bits per heavy atom. The van der Waals surface area contributed by atoms with Crippen LogP contribution >= 0.6 is 11.6 Å². The van der Waals surface area contributed by atoms with Gasteiger partial charge in [-0.05, 0) is 31.0 Å². The van der Waals surface area contributed by atoms with Gasteiger partial charge in [-0.25, -0.2) is 9.97 Å². The number of carbonyl (C=O) groups is 2. The van der Waals surface area contributed by atoms with Crippen molar-refractivity contribution in [2.75, 3.05) is 25.5 Å². The number of likely N-dealkylation sites (N-methyl/N-ethyl adjacent to an activating group) is 1. The van der Waals surface area contributed by atoms with E-state index in [0.717, 1.165) is 12.0 Å². The Balaban J connectivity index is 1.63. The van der Waals surface area contributed by atoms with Crippen LogP contribution in [0.25, 0.3) is 0 Å². The van der Waals surface area contributed by atoms with E-state index < -0.39 is 0 Å². The molecule has 0 radical (unpaired) electrons. The van der Waals surface area contributed by atoms with E-state index in [2.05, 4.69) is 21.4 Å². The summed E-state index contributed by atoms with van der Waals surface area (Å²) in [6.07, 6.45) is 3.74. The highest BCUT2D eigenvalue weighted by atomic mass is 35.5. The van der Waals surface area contributed by atoms with Crippen LogP contribution in [0.4, 0.5) is 5.95 Å². The molecule has 2 heterocycles. The highest BCUT2D eigenvalue weighted by molar-refractivity contribution is 6.31. The number of rotatable bonds is 5. The molecule has 9 heteroatoms. The van der Waals surface area contributed by atoms with Gasteiger partial charge in [-0.3, -0.25) is 9.59 Å². The molecular formula is C21H23ClN6O2. The van der Waals surface area contributed by atoms with Crippen molar-refractivity contribution >= 4 is 29.4 Å². The zero-order valence-electron chi connectivity index (χ0n) is 17.1. The van der Waals surface area contributed by atoms with Crippen molar-refractivity contribution in [1.82, 2.24) is 19.8 Å². The van der Waals surface area contributed by atoms with E-state index in [0.29, 0.717) is 35.2 Å². The maximum atomic E-state index is 12.7. The first-order valence-corrected chi connectivity index (χ1v) is 9.98. The number of nitrogens with one attached hydrogen (secondary N) is 1. The van der Waals surface area contributed by atoms with Crippen molar-refractivity contribution in [3.05, 3.63) is 52.3 Å². The smallest absolute Gasteiger partial charge is 0.257 e. The molecule has 0 bridgehead atoms. The molecule has 0 spiro atoms. The van der Waals surface area contributed by atoms with Crippen LogP contribution in [0.3, 0.4) is 0 Å². The van der Waals surface area contributed by atoms with Crippen molar-refractivity contribution < 1.29 is 9.59 Å². The molecule has 2 amide bonds. The van der Waals surface area contributed by atoms with Gasteiger partial charge in [-0.2, -0.15) is 5.26 Å². The van der Waals surface area contributed by atoms with Gasteiger partial charge in [-0.15, -0.1) is 0 Å². The third kappa shape index (κ3) is 4.69. The quantitative estimate of drug-likeness (QED) is 0.788. The largest absolute Gasteiger partial charge is 0.348 e. The first kappa shape index (κ1) is 21.5. The third-order valence-electron chi connectivity index (χ3n) is 5.34. The summed E-state index contributed by atoms with van der Waals surface area (Å²) in [7, 11) is 1.76. The molecule has 1 N–H and O–H groups in total. The number of likely N-dealkylation sites (tertiary alicyclic amines) is 1. The lowest BCUT2D eigenvalue weighted by Crippen LogP contribution is -2.39. The van der Waals surface area contributed by atoms with Crippen LogP contribution in [0.2, 0.25) is 5.02 Å². The van der Waals surface area contributed by atoms with Crippen LogP contribution in [0.5, 0.6) is 0 Å². The van der Waals surface area contributed by atoms with E-state index in [1.807, 2.05) is 6.92 Å². The van der Waals surface area contributed by atoms with Gasteiger partial charge in [0, 0.05) is 44.5 Å². The second-order valence-corrected chi connectivity index (χ2v) is 7.74. The van der Waals surface area contributed by atoms with Crippen LogP contribution in [-0.2, 0) is 4.79 Å². The fourth-order valence-electron chi connectivity index (χ4n) is 3.41. The number of nitrogens with zero attached hydrogens (tertiary/aromatic N) is 5. The minimum absolute atomic E-state index is 0.00968. The average Bonchev–Trinajstić information content (AvgIpc) is 3.23. The molecular weight excluding hydrogens is 404 g/mol. The molecule has 2 atom stereocenters. The fraction of sp³-hybridized carbons (Fsp3) is 0.381. The first-order valence-electron chi connectivity index (χ1n) is 9.61. The summed E-state index contributed by atoms with van der Waals surface area (Å²) in [5.41, 5.74) is 1.71. The molecule has 2 aromatic rings. The fourth-order valence-corrected chi connectivity index (χ4v) is 3.76. The SMILES string of the molecule is CC(=O)N(C)C1CCN(C(=O)c2cnc(NC(C)c3ccc(C#N)cc3Cl)nc2)C1. The van der Waals surface area contributed by atoms with Gasteiger partial charge in [0.15, 0.2) is 0 Å². The zero-order valence-corrected chi connectivity index (χ0v) is 17.8. The Bertz CT molecular complexity index is 988. The Morgan fingerprint density at radius 1 is 1.37 bits per heavy atom. The Labute approximate surface area is 180 Å². The van der Waals surface area contributed by atoms with E-state index in [1.54, 1.807) is 35.0 Å². The zero-order chi connectivity index (χ0) is 21.8. The van der Waals surface area contributed by atoms with Crippen molar-refractivity contribution in [1.29, 1.82) is 5.26 Å². The van der Waals surface area contributed by atoms with Crippen LogP contribution in [-0.4, -0.2) is 57.8 Å². The lowest BCUT2D eigenvalue weighted by molar-refractivity contribution is -0.129. The summed E-state index contributed by atoms with van der Waals surface area (Å²) < 4.78 is 0. The summed E-state index contributed by atoms with van der Waals surface area (Å²) in [5, 5.41) is 12.6. The van der Waals surface area contributed by atoms with E-state index in [-0.39, 0.29) is 23.9 Å². The predicted molar refractivity (Wildman–Crippen MR) is 113 cm³/mol. The van der Waals surface area contributed by atoms with Gasteiger partial charge < -0.3 is 15.1 Å². The molecule has 0 saturated carbocycles. The van der Waals surface area contributed by atoms with Crippen molar-refractivity contribution in [2.45, 2.75) is 32.4 Å². The highest BCUT2D eigenvalue weighted by Gasteiger charge is 2.30. The molecule has 1 aromatic carbocycles. The molecule has 1 fully saturated rings. The molecule has 3 rings (SSSR count). The lowest BCUT2D eigenvalue weighted by Gasteiger charge is -2.23. The minimum Gasteiger partial charge on any atom is -0.348 e. The summed E-state index contributed by atoms with van der Waals surface area (Å²) in [6.45, 7) is 4.53. The minimum atomic E-state index is -0.187. The number of anilines is 1. The van der Waals surface area contributed by atoms with Gasteiger partial charge in [0.25, 0.3) is 5.91 Å². The summed E-state index contributed by atoms with van der Waals surface area (Å²) in [5.74, 6) is 0.212. The number of hydrogen-bond acceptors (Lipinski definition) is 6. The van der Waals surface area contributed by atoms with Crippen LogP contribution in [0, 0.1) is 11.3 Å². The molecule has 156 valence electrons. The number of hydrogen-bond donors (Lipinski definition) is 1. The second-order valence-electron chi connectivity index (χ2n) is 7.33. The average molecular weight is 427 g/mol. The van der Waals surface area contributed by atoms with Crippen LogP contribution in [0.15, 0.2) is 30.6 Å². The Kier molecular flexibility index (Phi) is 6.53. The molecule has 1 saturated heterocycles.